The molecule has 0 amide bonds. The quantitative estimate of drug-likeness (QED) is 0.172. The van der Waals surface area contributed by atoms with Crippen LogP contribution in [0.5, 0.6) is 0 Å². The van der Waals surface area contributed by atoms with E-state index in [1.165, 1.54) is 37.4 Å². The Morgan fingerprint density at radius 3 is 2.54 bits per heavy atom. The highest BCUT2D eigenvalue weighted by atomic mass is 32.2. The monoisotopic (exact) mass is 422 g/mol. The number of halogens is 3. The minimum absolute atomic E-state index is 0.0372. The van der Waals surface area contributed by atoms with Crippen molar-refractivity contribution in [1.82, 2.24) is 5.01 Å². The van der Waals surface area contributed by atoms with Gasteiger partial charge in [-0.15, -0.1) is 0 Å². The van der Waals surface area contributed by atoms with Crippen LogP contribution in [-0.2, 0) is 4.74 Å². The molecule has 3 nitrogen and oxygen atoms in total. The van der Waals surface area contributed by atoms with Crippen molar-refractivity contribution in [3.8, 4) is 0 Å². The minimum atomic E-state index is -4.36. The molecule has 1 heterocycles. The van der Waals surface area contributed by atoms with Crippen molar-refractivity contribution in [2.24, 2.45) is 5.10 Å². The van der Waals surface area contributed by atoms with Gasteiger partial charge in [-0.3, -0.25) is 5.01 Å². The van der Waals surface area contributed by atoms with Gasteiger partial charge in [0.1, 0.15) is 0 Å². The fraction of sp³-hybridized carbons (Fsp3) is 0.857. The molecule has 1 rings (SSSR count). The molecule has 1 saturated heterocycles. The van der Waals surface area contributed by atoms with Crippen molar-refractivity contribution in [2.45, 2.75) is 83.4 Å². The Labute approximate surface area is 173 Å². The van der Waals surface area contributed by atoms with Gasteiger partial charge in [-0.25, -0.2) is 0 Å². The van der Waals surface area contributed by atoms with Gasteiger partial charge in [0, 0.05) is 19.4 Å². The minimum Gasteiger partial charge on any atom is -0.382 e. The van der Waals surface area contributed by atoms with Gasteiger partial charge in [-0.1, -0.05) is 44.8 Å². The van der Waals surface area contributed by atoms with Gasteiger partial charge in [0.15, 0.2) is 5.71 Å². The second-order valence-corrected chi connectivity index (χ2v) is 8.41. The lowest BCUT2D eigenvalue weighted by Crippen LogP contribution is -2.34. The molecule has 0 saturated carbocycles. The van der Waals surface area contributed by atoms with Gasteiger partial charge in [0.25, 0.3) is 0 Å². The molecule has 1 aliphatic rings. The van der Waals surface area contributed by atoms with Crippen molar-refractivity contribution in [1.29, 1.82) is 0 Å². The highest BCUT2D eigenvalue weighted by molar-refractivity contribution is 7.99. The van der Waals surface area contributed by atoms with Gasteiger partial charge >= 0.3 is 6.18 Å². The molecule has 0 spiro atoms. The highest BCUT2D eigenvalue weighted by Gasteiger charge is 2.37. The summed E-state index contributed by atoms with van der Waals surface area (Å²) in [5.74, 6) is 0.694. The lowest BCUT2D eigenvalue weighted by Gasteiger charge is -2.23. The van der Waals surface area contributed by atoms with E-state index in [2.05, 4.69) is 24.2 Å². The molecule has 0 unspecified atom stereocenters. The summed E-state index contributed by atoms with van der Waals surface area (Å²) in [6.45, 7) is 3.14. The molecule has 0 bridgehead atoms. The summed E-state index contributed by atoms with van der Waals surface area (Å²) in [6.07, 6.45) is 11.0. The Bertz CT molecular complexity index is 455. The number of unbranched alkanes of at least 4 members (excludes halogenated alkanes) is 6. The lowest BCUT2D eigenvalue weighted by atomic mass is 10.1. The van der Waals surface area contributed by atoms with Gasteiger partial charge in [-0.2, -0.15) is 30.0 Å². The summed E-state index contributed by atoms with van der Waals surface area (Å²) < 4.78 is 45.0. The van der Waals surface area contributed by atoms with Crippen molar-refractivity contribution in [3.63, 3.8) is 0 Å². The largest absolute Gasteiger partial charge is 0.432 e. The van der Waals surface area contributed by atoms with E-state index < -0.39 is 11.9 Å². The first-order valence-corrected chi connectivity index (χ1v) is 11.8. The number of rotatable bonds is 15. The molecule has 1 fully saturated rings. The maximum atomic E-state index is 13.3. The predicted molar refractivity (Wildman–Crippen MR) is 114 cm³/mol. The van der Waals surface area contributed by atoms with Crippen LogP contribution < -0.4 is 0 Å². The van der Waals surface area contributed by atoms with Crippen molar-refractivity contribution >= 4 is 17.5 Å². The molecule has 0 aromatic heterocycles. The zero-order valence-corrected chi connectivity index (χ0v) is 18.3. The molecule has 164 valence electrons. The Hall–Kier alpha value is -0.690. The van der Waals surface area contributed by atoms with E-state index >= 15 is 0 Å². The fourth-order valence-corrected chi connectivity index (χ4v) is 4.23. The Morgan fingerprint density at radius 2 is 1.86 bits per heavy atom. The molecular formula is C21H37F3N2OS. The van der Waals surface area contributed by atoms with E-state index in [4.69, 9.17) is 4.74 Å². The first kappa shape index (κ1) is 25.3. The van der Waals surface area contributed by atoms with Gasteiger partial charge in [0.2, 0.25) is 0 Å². The third kappa shape index (κ3) is 11.3. The normalized spacial score (nSPS) is 18.5. The van der Waals surface area contributed by atoms with E-state index in [1.54, 1.807) is 12.1 Å². The summed E-state index contributed by atoms with van der Waals surface area (Å²) >= 11 is 1.35. The van der Waals surface area contributed by atoms with E-state index in [-0.39, 0.29) is 11.8 Å². The van der Waals surface area contributed by atoms with Gasteiger partial charge < -0.3 is 4.74 Å². The number of methoxy groups -OCH3 is 1. The maximum absolute atomic E-state index is 13.3. The second-order valence-electron chi connectivity index (χ2n) is 7.30. The molecular weight excluding hydrogens is 385 g/mol. The lowest BCUT2D eigenvalue weighted by molar-refractivity contribution is -0.0607. The molecule has 7 heteroatoms. The average Bonchev–Trinajstić information content (AvgIpc) is 3.08. The zero-order chi connectivity index (χ0) is 20.7. The van der Waals surface area contributed by atoms with E-state index in [1.807, 2.05) is 0 Å². The predicted octanol–water partition coefficient (Wildman–Crippen LogP) is 6.45. The first-order valence-electron chi connectivity index (χ1n) is 10.6. The highest BCUT2D eigenvalue weighted by Crippen LogP contribution is 2.25. The van der Waals surface area contributed by atoms with Crippen LogP contribution in [0.1, 0.15) is 71.1 Å². The SMILES string of the molecule is CC/C=C\CCCCCCCCSC/C(=N/N1CCC[C@H]1COC)C(F)(F)F. The number of hydrazone groups is 1. The van der Waals surface area contributed by atoms with Crippen molar-refractivity contribution < 1.29 is 17.9 Å². The van der Waals surface area contributed by atoms with E-state index in [9.17, 15) is 13.2 Å². The number of alkyl halides is 3. The van der Waals surface area contributed by atoms with Crippen LogP contribution in [0.2, 0.25) is 0 Å². The molecule has 0 aliphatic carbocycles. The Kier molecular flexibility index (Phi) is 13.8. The van der Waals surface area contributed by atoms with Gasteiger partial charge in [0.05, 0.1) is 12.6 Å². The molecule has 28 heavy (non-hydrogen) atoms. The Balaban J connectivity index is 2.21. The van der Waals surface area contributed by atoms with Crippen LogP contribution >= 0.6 is 11.8 Å². The molecule has 0 N–H and O–H groups in total. The van der Waals surface area contributed by atoms with Crippen molar-refractivity contribution in [3.05, 3.63) is 12.2 Å². The van der Waals surface area contributed by atoms with E-state index in [0.29, 0.717) is 13.2 Å². The third-order valence-electron chi connectivity index (χ3n) is 4.83. The smallest absolute Gasteiger partial charge is 0.382 e. The number of hydrogen-bond acceptors (Lipinski definition) is 4. The maximum Gasteiger partial charge on any atom is 0.432 e. The summed E-state index contributed by atoms with van der Waals surface area (Å²) in [6, 6.07) is -0.0372. The van der Waals surface area contributed by atoms with Crippen LogP contribution in [0.4, 0.5) is 13.2 Å². The third-order valence-corrected chi connectivity index (χ3v) is 5.89. The number of hydrogen-bond donors (Lipinski definition) is 0. The van der Waals surface area contributed by atoms with Crippen LogP contribution in [0.3, 0.4) is 0 Å². The van der Waals surface area contributed by atoms with Crippen LogP contribution in [0, 0.1) is 0 Å². The fourth-order valence-electron chi connectivity index (χ4n) is 3.26. The number of ether oxygens (including phenoxy) is 1. The molecule has 1 atom stereocenters. The van der Waals surface area contributed by atoms with Crippen molar-refractivity contribution in [2.75, 3.05) is 31.8 Å². The number of allylic oxidation sites excluding steroid dienone is 2. The van der Waals surface area contributed by atoms with Crippen LogP contribution in [-0.4, -0.2) is 54.7 Å². The summed E-state index contributed by atoms with van der Waals surface area (Å²) in [5.41, 5.74) is -0.666. The molecule has 0 aromatic rings. The summed E-state index contributed by atoms with van der Waals surface area (Å²) in [5, 5.41) is 5.53. The first-order chi connectivity index (χ1) is 13.5. The average molecular weight is 423 g/mol. The molecule has 0 radical (unpaired) electrons. The summed E-state index contributed by atoms with van der Waals surface area (Å²) in [7, 11) is 1.57. The zero-order valence-electron chi connectivity index (χ0n) is 17.5. The van der Waals surface area contributed by atoms with Crippen LogP contribution in [0.15, 0.2) is 17.3 Å². The van der Waals surface area contributed by atoms with Gasteiger partial charge in [-0.05, 0) is 44.3 Å². The molecule has 1 aliphatic heterocycles. The summed E-state index contributed by atoms with van der Waals surface area (Å²) in [4.78, 5) is 0. The number of thioether (sulfide) groups is 1. The number of nitrogens with zero attached hydrogens (tertiary/aromatic N) is 2. The second kappa shape index (κ2) is 15.2. The topological polar surface area (TPSA) is 24.8 Å². The van der Waals surface area contributed by atoms with Crippen LogP contribution in [0.25, 0.3) is 0 Å². The standard InChI is InChI=1S/C21H37F3N2OS/c1-3-4-5-6-7-8-9-10-11-12-16-28-18-20(21(22,23)24)25-26-15-13-14-19(26)17-27-2/h4-5,19H,3,6-18H2,1-2H3/b5-4-,25-20-/t19-/m0/s1. The Morgan fingerprint density at radius 1 is 1.14 bits per heavy atom. The van der Waals surface area contributed by atoms with E-state index in [0.717, 1.165) is 44.3 Å². The molecule has 0 aromatic carbocycles.